The number of rotatable bonds is 5. The number of thiophene rings is 1. The fourth-order valence-electron chi connectivity index (χ4n) is 4.33. The summed E-state index contributed by atoms with van der Waals surface area (Å²) in [4.78, 5) is 9.02. The van der Waals surface area contributed by atoms with Gasteiger partial charge >= 0.3 is 0 Å². The standard InChI is InChI=1S/C20H34N4S/c1-3-21-20(23-17-10-5-4-6-11-17)22-15-16-9-7-13-24(2)19(16)18-12-8-14-25-18/h8,12,14,16-17,19H,3-7,9-11,13,15H2,1-2H3,(H2,21,22,23). The second kappa shape index (κ2) is 9.58. The van der Waals surface area contributed by atoms with E-state index in [2.05, 4.69) is 47.0 Å². The molecule has 1 aliphatic heterocycles. The fraction of sp³-hybridized carbons (Fsp3) is 0.750. The van der Waals surface area contributed by atoms with E-state index >= 15 is 0 Å². The minimum absolute atomic E-state index is 0.523. The van der Waals surface area contributed by atoms with Gasteiger partial charge in [0.25, 0.3) is 0 Å². The normalized spacial score (nSPS) is 26.6. The highest BCUT2D eigenvalue weighted by Crippen LogP contribution is 2.37. The number of aliphatic imine (C=N–C) groups is 1. The third-order valence-corrected chi connectivity index (χ3v) is 6.56. The SMILES string of the molecule is CCNC(=NCC1CCCN(C)C1c1cccs1)NC1CCCCC1. The van der Waals surface area contributed by atoms with E-state index in [1.807, 2.05) is 11.3 Å². The molecule has 3 rings (SSSR count). The van der Waals surface area contributed by atoms with E-state index in [9.17, 15) is 0 Å². The summed E-state index contributed by atoms with van der Waals surface area (Å²) in [5.41, 5.74) is 0. The minimum Gasteiger partial charge on any atom is -0.357 e. The zero-order valence-corrected chi connectivity index (χ0v) is 16.7. The van der Waals surface area contributed by atoms with Crippen LogP contribution in [-0.4, -0.2) is 43.6 Å². The molecular formula is C20H34N4S. The van der Waals surface area contributed by atoms with Crippen LogP contribution in [0.4, 0.5) is 0 Å². The fourth-order valence-corrected chi connectivity index (χ4v) is 5.31. The third kappa shape index (κ3) is 5.20. The van der Waals surface area contributed by atoms with E-state index in [4.69, 9.17) is 4.99 Å². The maximum atomic E-state index is 5.00. The van der Waals surface area contributed by atoms with Crippen molar-refractivity contribution < 1.29 is 0 Å². The van der Waals surface area contributed by atoms with E-state index < -0.39 is 0 Å². The average molecular weight is 363 g/mol. The average Bonchev–Trinajstić information content (AvgIpc) is 3.15. The molecule has 2 atom stereocenters. The molecule has 0 radical (unpaired) electrons. The van der Waals surface area contributed by atoms with E-state index in [-0.39, 0.29) is 0 Å². The number of likely N-dealkylation sites (tertiary alicyclic amines) is 1. The molecule has 0 bridgehead atoms. The molecule has 5 heteroatoms. The molecule has 2 fully saturated rings. The summed E-state index contributed by atoms with van der Waals surface area (Å²) < 4.78 is 0. The lowest BCUT2D eigenvalue weighted by atomic mass is 9.88. The van der Waals surface area contributed by atoms with Crippen molar-refractivity contribution in [2.75, 3.05) is 26.7 Å². The van der Waals surface area contributed by atoms with Crippen LogP contribution in [0.15, 0.2) is 22.5 Å². The predicted molar refractivity (Wildman–Crippen MR) is 108 cm³/mol. The summed E-state index contributed by atoms with van der Waals surface area (Å²) in [6, 6.07) is 5.60. The monoisotopic (exact) mass is 362 g/mol. The van der Waals surface area contributed by atoms with Gasteiger partial charge in [0.2, 0.25) is 0 Å². The third-order valence-electron chi connectivity index (χ3n) is 5.62. The van der Waals surface area contributed by atoms with E-state index in [0.717, 1.165) is 19.0 Å². The Morgan fingerprint density at radius 1 is 1.24 bits per heavy atom. The van der Waals surface area contributed by atoms with Crippen molar-refractivity contribution in [2.24, 2.45) is 10.9 Å². The minimum atomic E-state index is 0.523. The van der Waals surface area contributed by atoms with Gasteiger partial charge in [0.05, 0.1) is 0 Å². The topological polar surface area (TPSA) is 39.7 Å². The molecular weight excluding hydrogens is 328 g/mol. The van der Waals surface area contributed by atoms with E-state index in [1.54, 1.807) is 0 Å². The molecule has 1 aromatic heterocycles. The van der Waals surface area contributed by atoms with Gasteiger partial charge in [0.1, 0.15) is 0 Å². The van der Waals surface area contributed by atoms with Gasteiger partial charge in [-0.3, -0.25) is 9.89 Å². The smallest absolute Gasteiger partial charge is 0.191 e. The number of nitrogens with zero attached hydrogens (tertiary/aromatic N) is 2. The van der Waals surface area contributed by atoms with Crippen LogP contribution >= 0.6 is 11.3 Å². The van der Waals surface area contributed by atoms with Gasteiger partial charge in [-0.2, -0.15) is 0 Å². The molecule has 25 heavy (non-hydrogen) atoms. The van der Waals surface area contributed by atoms with Crippen LogP contribution in [-0.2, 0) is 0 Å². The predicted octanol–water partition coefficient (Wildman–Crippen LogP) is 4.02. The second-order valence-electron chi connectivity index (χ2n) is 7.54. The van der Waals surface area contributed by atoms with Crippen LogP contribution in [0.25, 0.3) is 0 Å². The molecule has 2 aliphatic rings. The molecule has 2 heterocycles. The van der Waals surface area contributed by atoms with E-state index in [0.29, 0.717) is 18.0 Å². The zero-order valence-electron chi connectivity index (χ0n) is 15.8. The maximum Gasteiger partial charge on any atom is 0.191 e. The number of guanidine groups is 1. The highest BCUT2D eigenvalue weighted by molar-refractivity contribution is 7.10. The molecule has 0 amide bonds. The summed E-state index contributed by atoms with van der Waals surface area (Å²) in [5.74, 6) is 1.63. The van der Waals surface area contributed by atoms with Crippen LogP contribution in [0.1, 0.15) is 62.8 Å². The van der Waals surface area contributed by atoms with Crippen LogP contribution < -0.4 is 10.6 Å². The van der Waals surface area contributed by atoms with Crippen molar-refractivity contribution >= 4 is 17.3 Å². The molecule has 140 valence electrons. The Kier molecular flexibility index (Phi) is 7.17. The molecule has 4 nitrogen and oxygen atoms in total. The molecule has 1 aliphatic carbocycles. The Morgan fingerprint density at radius 3 is 2.80 bits per heavy atom. The summed E-state index contributed by atoms with van der Waals surface area (Å²) in [5, 5.41) is 9.34. The Balaban J connectivity index is 1.65. The quantitative estimate of drug-likeness (QED) is 0.614. The molecule has 1 saturated heterocycles. The van der Waals surface area contributed by atoms with Gasteiger partial charge in [-0.25, -0.2) is 0 Å². The van der Waals surface area contributed by atoms with E-state index in [1.165, 1.54) is 56.4 Å². The Labute approximate surface area is 157 Å². The van der Waals surface area contributed by atoms with Crippen molar-refractivity contribution in [1.82, 2.24) is 15.5 Å². The number of hydrogen-bond donors (Lipinski definition) is 2. The largest absolute Gasteiger partial charge is 0.357 e. The van der Waals surface area contributed by atoms with Crippen molar-refractivity contribution in [1.29, 1.82) is 0 Å². The summed E-state index contributed by atoms with van der Waals surface area (Å²) >= 11 is 1.89. The second-order valence-corrected chi connectivity index (χ2v) is 8.52. The Morgan fingerprint density at radius 2 is 2.08 bits per heavy atom. The first-order valence-electron chi connectivity index (χ1n) is 10.1. The zero-order chi connectivity index (χ0) is 17.5. The van der Waals surface area contributed by atoms with Crippen LogP contribution in [0, 0.1) is 5.92 Å². The van der Waals surface area contributed by atoms with Crippen molar-refractivity contribution in [3.05, 3.63) is 22.4 Å². The Hall–Kier alpha value is -1.07. The summed E-state index contributed by atoms with van der Waals surface area (Å²) in [7, 11) is 2.27. The van der Waals surface area contributed by atoms with Gasteiger partial charge < -0.3 is 10.6 Å². The summed E-state index contributed by atoms with van der Waals surface area (Å²) in [6.45, 7) is 5.19. The Bertz CT molecular complexity index is 522. The van der Waals surface area contributed by atoms with Crippen LogP contribution in [0.3, 0.4) is 0 Å². The number of nitrogens with one attached hydrogen (secondary N) is 2. The van der Waals surface area contributed by atoms with Gasteiger partial charge in [-0.1, -0.05) is 25.3 Å². The molecule has 0 spiro atoms. The van der Waals surface area contributed by atoms with Gasteiger partial charge in [0, 0.05) is 30.1 Å². The van der Waals surface area contributed by atoms with Crippen molar-refractivity contribution in [3.8, 4) is 0 Å². The lowest BCUT2D eigenvalue weighted by Gasteiger charge is -2.38. The molecule has 2 unspecified atom stereocenters. The summed E-state index contributed by atoms with van der Waals surface area (Å²) in [6.07, 6.45) is 9.23. The maximum absolute atomic E-state index is 5.00. The highest BCUT2D eigenvalue weighted by Gasteiger charge is 2.31. The molecule has 1 aromatic rings. The van der Waals surface area contributed by atoms with Gasteiger partial charge in [0.15, 0.2) is 5.96 Å². The highest BCUT2D eigenvalue weighted by atomic mass is 32.1. The van der Waals surface area contributed by atoms with Crippen LogP contribution in [0.2, 0.25) is 0 Å². The van der Waals surface area contributed by atoms with Crippen LogP contribution in [0.5, 0.6) is 0 Å². The van der Waals surface area contributed by atoms with Gasteiger partial charge in [-0.05, 0) is 63.6 Å². The number of hydrogen-bond acceptors (Lipinski definition) is 3. The van der Waals surface area contributed by atoms with Crippen molar-refractivity contribution in [2.45, 2.75) is 64.0 Å². The van der Waals surface area contributed by atoms with Gasteiger partial charge in [-0.15, -0.1) is 11.3 Å². The molecule has 0 aromatic carbocycles. The molecule has 2 N–H and O–H groups in total. The first-order chi connectivity index (χ1) is 12.3. The van der Waals surface area contributed by atoms with Crippen molar-refractivity contribution in [3.63, 3.8) is 0 Å². The lowest BCUT2D eigenvalue weighted by Crippen LogP contribution is -2.45. The first kappa shape index (κ1) is 18.7. The molecule has 1 saturated carbocycles. The lowest BCUT2D eigenvalue weighted by molar-refractivity contribution is 0.128. The number of piperidine rings is 1. The first-order valence-corrected chi connectivity index (χ1v) is 10.9.